The van der Waals surface area contributed by atoms with E-state index in [-0.39, 0.29) is 6.10 Å². The summed E-state index contributed by atoms with van der Waals surface area (Å²) in [4.78, 5) is 2.57. The van der Waals surface area contributed by atoms with Gasteiger partial charge in [0.25, 0.3) is 0 Å². The highest BCUT2D eigenvalue weighted by Crippen LogP contribution is 2.43. The van der Waals surface area contributed by atoms with Crippen molar-refractivity contribution in [2.75, 3.05) is 32.8 Å². The number of nitrogens with zero attached hydrogens (tertiary/aromatic N) is 1. The first-order valence-electron chi connectivity index (χ1n) is 12.4. The van der Waals surface area contributed by atoms with Crippen LogP contribution < -0.4 is 4.74 Å². The zero-order valence-electron chi connectivity index (χ0n) is 19.6. The number of piperidine rings is 1. The van der Waals surface area contributed by atoms with Crippen LogP contribution in [0.4, 0.5) is 0 Å². The molecule has 174 valence electrons. The standard InChI is InChI=1S/C28H38ClNO2/c1-21(2)27-19-24(22-7-11-25(29)12-8-22)20-32-28(27)23-9-13-26(14-10-23)31-18-6-17-30-15-4-3-5-16-30/h7-14,21,24,27-28H,3-6,15-20H2,1-2H3/t24-,27-,28-/m0/s1. The lowest BCUT2D eigenvalue weighted by atomic mass is 9.76. The van der Waals surface area contributed by atoms with E-state index in [1.807, 2.05) is 12.1 Å². The van der Waals surface area contributed by atoms with Crippen LogP contribution in [0.15, 0.2) is 48.5 Å². The van der Waals surface area contributed by atoms with Crippen molar-refractivity contribution in [3.63, 3.8) is 0 Å². The summed E-state index contributed by atoms with van der Waals surface area (Å²) in [5, 5.41) is 0.789. The van der Waals surface area contributed by atoms with E-state index in [0.29, 0.717) is 17.8 Å². The van der Waals surface area contributed by atoms with Crippen molar-refractivity contribution in [3.8, 4) is 5.75 Å². The molecule has 0 saturated carbocycles. The molecule has 32 heavy (non-hydrogen) atoms. The Morgan fingerprint density at radius 1 is 0.969 bits per heavy atom. The first kappa shape index (κ1) is 23.6. The minimum atomic E-state index is 0.145. The summed E-state index contributed by atoms with van der Waals surface area (Å²) in [5.41, 5.74) is 2.59. The highest BCUT2D eigenvalue weighted by molar-refractivity contribution is 6.30. The van der Waals surface area contributed by atoms with Crippen LogP contribution in [0.2, 0.25) is 5.02 Å². The predicted octanol–water partition coefficient (Wildman–Crippen LogP) is 7.11. The molecule has 2 saturated heterocycles. The van der Waals surface area contributed by atoms with E-state index in [4.69, 9.17) is 21.1 Å². The normalized spacial score (nSPS) is 24.6. The fourth-order valence-electron chi connectivity index (χ4n) is 5.21. The van der Waals surface area contributed by atoms with Crippen LogP contribution in [0.5, 0.6) is 5.75 Å². The number of hydrogen-bond acceptors (Lipinski definition) is 3. The van der Waals surface area contributed by atoms with Gasteiger partial charge in [-0.2, -0.15) is 0 Å². The highest BCUT2D eigenvalue weighted by atomic mass is 35.5. The van der Waals surface area contributed by atoms with Gasteiger partial charge < -0.3 is 14.4 Å². The van der Waals surface area contributed by atoms with Crippen molar-refractivity contribution >= 4 is 11.6 Å². The number of likely N-dealkylation sites (tertiary alicyclic amines) is 1. The largest absolute Gasteiger partial charge is 0.494 e. The van der Waals surface area contributed by atoms with Gasteiger partial charge in [0.05, 0.1) is 19.3 Å². The molecule has 2 aromatic carbocycles. The Bertz CT molecular complexity index is 814. The van der Waals surface area contributed by atoms with Crippen LogP contribution in [-0.4, -0.2) is 37.7 Å². The fourth-order valence-corrected chi connectivity index (χ4v) is 5.34. The molecule has 2 aliphatic rings. The molecular weight excluding hydrogens is 418 g/mol. The molecule has 2 aliphatic heterocycles. The topological polar surface area (TPSA) is 21.7 Å². The molecule has 4 rings (SSSR count). The monoisotopic (exact) mass is 455 g/mol. The second kappa shape index (κ2) is 11.5. The van der Waals surface area contributed by atoms with Crippen molar-refractivity contribution in [3.05, 3.63) is 64.7 Å². The third-order valence-electron chi connectivity index (χ3n) is 7.16. The van der Waals surface area contributed by atoms with Gasteiger partial charge in [0.1, 0.15) is 5.75 Å². The van der Waals surface area contributed by atoms with Gasteiger partial charge in [0, 0.05) is 17.5 Å². The zero-order chi connectivity index (χ0) is 22.3. The summed E-state index contributed by atoms with van der Waals surface area (Å²) in [6.07, 6.45) is 6.47. The molecule has 0 aromatic heterocycles. The van der Waals surface area contributed by atoms with Gasteiger partial charge in [0.2, 0.25) is 0 Å². The molecule has 0 amide bonds. The molecule has 2 fully saturated rings. The van der Waals surface area contributed by atoms with Crippen molar-refractivity contribution in [2.45, 2.75) is 58.0 Å². The van der Waals surface area contributed by atoms with Gasteiger partial charge in [-0.05, 0) is 86.0 Å². The number of benzene rings is 2. The highest BCUT2D eigenvalue weighted by Gasteiger charge is 2.34. The first-order valence-corrected chi connectivity index (χ1v) is 12.8. The second-order valence-electron chi connectivity index (χ2n) is 9.82. The van der Waals surface area contributed by atoms with Gasteiger partial charge in [-0.25, -0.2) is 0 Å². The third kappa shape index (κ3) is 6.27. The SMILES string of the molecule is CC(C)[C@@H]1C[C@H](c2ccc(Cl)cc2)CO[C@H]1c1ccc(OCCCN2CCCCC2)cc1. The van der Waals surface area contributed by atoms with Crippen molar-refractivity contribution in [1.82, 2.24) is 4.90 Å². The van der Waals surface area contributed by atoms with E-state index >= 15 is 0 Å². The number of ether oxygens (including phenoxy) is 2. The van der Waals surface area contributed by atoms with Gasteiger partial charge >= 0.3 is 0 Å². The number of hydrogen-bond donors (Lipinski definition) is 0. The summed E-state index contributed by atoms with van der Waals surface area (Å²) in [7, 11) is 0. The quantitative estimate of drug-likeness (QED) is 0.396. The number of rotatable bonds is 8. The van der Waals surface area contributed by atoms with Gasteiger partial charge in [-0.15, -0.1) is 0 Å². The van der Waals surface area contributed by atoms with E-state index in [9.17, 15) is 0 Å². The Kier molecular flexibility index (Phi) is 8.51. The maximum absolute atomic E-state index is 6.46. The molecule has 0 N–H and O–H groups in total. The molecule has 0 radical (unpaired) electrons. The molecule has 0 unspecified atom stereocenters. The first-order chi connectivity index (χ1) is 15.6. The lowest BCUT2D eigenvalue weighted by Crippen LogP contribution is -2.31. The molecule has 0 spiro atoms. The smallest absolute Gasteiger partial charge is 0.119 e. The Labute approximate surface area is 199 Å². The van der Waals surface area contributed by atoms with Crippen molar-refractivity contribution < 1.29 is 9.47 Å². The van der Waals surface area contributed by atoms with Crippen molar-refractivity contribution in [1.29, 1.82) is 0 Å². The average Bonchev–Trinajstić information content (AvgIpc) is 2.83. The maximum Gasteiger partial charge on any atom is 0.119 e. The summed E-state index contributed by atoms with van der Waals surface area (Å²) in [5.74, 6) is 2.43. The molecule has 2 aromatic rings. The second-order valence-corrected chi connectivity index (χ2v) is 10.3. The van der Waals surface area contributed by atoms with Crippen LogP contribution >= 0.6 is 11.6 Å². The van der Waals surface area contributed by atoms with Gasteiger partial charge in [-0.3, -0.25) is 0 Å². The molecule has 4 heteroatoms. The zero-order valence-corrected chi connectivity index (χ0v) is 20.4. The van der Waals surface area contributed by atoms with E-state index < -0.39 is 0 Å². The van der Waals surface area contributed by atoms with Gasteiger partial charge in [0.15, 0.2) is 0 Å². The van der Waals surface area contributed by atoms with E-state index in [2.05, 4.69) is 55.1 Å². The van der Waals surface area contributed by atoms with Crippen molar-refractivity contribution in [2.24, 2.45) is 11.8 Å². The molecule has 2 heterocycles. The van der Waals surface area contributed by atoms with Crippen LogP contribution in [0.3, 0.4) is 0 Å². The molecule has 3 nitrogen and oxygen atoms in total. The van der Waals surface area contributed by atoms with Crippen LogP contribution in [0.1, 0.15) is 69.1 Å². The third-order valence-corrected chi connectivity index (χ3v) is 7.42. The Hall–Kier alpha value is -1.55. The lowest BCUT2D eigenvalue weighted by Gasteiger charge is -2.39. The average molecular weight is 456 g/mol. The molecule has 3 atom stereocenters. The summed E-state index contributed by atoms with van der Waals surface area (Å²) < 4.78 is 12.5. The van der Waals surface area contributed by atoms with Crippen LogP contribution in [0.25, 0.3) is 0 Å². The summed E-state index contributed by atoms with van der Waals surface area (Å²) in [6, 6.07) is 16.9. The van der Waals surface area contributed by atoms with E-state index in [1.165, 1.54) is 43.5 Å². The molecule has 0 aliphatic carbocycles. The Morgan fingerprint density at radius 2 is 1.66 bits per heavy atom. The van der Waals surface area contributed by atoms with E-state index in [1.54, 1.807) is 0 Å². The molecule has 0 bridgehead atoms. The van der Waals surface area contributed by atoms with Crippen LogP contribution in [-0.2, 0) is 4.74 Å². The molecular formula is C28H38ClNO2. The number of halogens is 1. The summed E-state index contributed by atoms with van der Waals surface area (Å²) >= 11 is 6.08. The Balaban J connectivity index is 1.30. The fraction of sp³-hybridized carbons (Fsp3) is 0.571. The van der Waals surface area contributed by atoms with E-state index in [0.717, 1.165) is 43.4 Å². The Morgan fingerprint density at radius 3 is 2.34 bits per heavy atom. The minimum absolute atomic E-state index is 0.145. The minimum Gasteiger partial charge on any atom is -0.494 e. The summed E-state index contributed by atoms with van der Waals surface area (Å²) in [6.45, 7) is 9.82. The maximum atomic E-state index is 6.46. The lowest BCUT2D eigenvalue weighted by molar-refractivity contribution is -0.0552. The van der Waals surface area contributed by atoms with Crippen LogP contribution in [0, 0.1) is 11.8 Å². The predicted molar refractivity (Wildman–Crippen MR) is 133 cm³/mol. The van der Waals surface area contributed by atoms with Gasteiger partial charge in [-0.1, -0.05) is 56.1 Å².